The van der Waals surface area contributed by atoms with Crippen molar-refractivity contribution in [3.63, 3.8) is 0 Å². The third kappa shape index (κ3) is 2.68. The number of rotatable bonds is 2. The second-order valence-electron chi connectivity index (χ2n) is 5.27. The lowest BCUT2D eigenvalue weighted by atomic mass is 10.2. The van der Waals surface area contributed by atoms with Gasteiger partial charge in [0, 0.05) is 12.1 Å². The predicted molar refractivity (Wildman–Crippen MR) is 89.2 cm³/mol. The van der Waals surface area contributed by atoms with Crippen LogP contribution in [-0.4, -0.2) is 29.6 Å². The van der Waals surface area contributed by atoms with Gasteiger partial charge in [0.1, 0.15) is 10.3 Å². The van der Waals surface area contributed by atoms with E-state index in [1.807, 2.05) is 0 Å². The highest BCUT2D eigenvalue weighted by atomic mass is 32.2. The normalized spacial score (nSPS) is 17.0. The van der Waals surface area contributed by atoms with E-state index in [2.05, 4.69) is 14.5 Å². The molecule has 0 radical (unpaired) electrons. The fourth-order valence-electron chi connectivity index (χ4n) is 2.43. The lowest BCUT2D eigenvalue weighted by Gasteiger charge is -2.31. The van der Waals surface area contributed by atoms with Crippen LogP contribution in [0.25, 0.3) is 11.0 Å². The highest BCUT2D eigenvalue weighted by Crippen LogP contribution is 2.48. The smallest absolute Gasteiger partial charge is 0.421 e. The van der Waals surface area contributed by atoms with Crippen molar-refractivity contribution in [1.82, 2.24) is 8.96 Å². The third-order valence-corrected chi connectivity index (χ3v) is 6.66. The number of alkyl halides is 4. The number of hydrogen-bond acceptors (Lipinski definition) is 7. The zero-order valence-electron chi connectivity index (χ0n) is 12.7. The maximum atomic E-state index is 13.4. The van der Waals surface area contributed by atoms with Crippen molar-refractivity contribution in [2.45, 2.75) is 23.9 Å². The Balaban J connectivity index is 0.00000225. The van der Waals surface area contributed by atoms with Gasteiger partial charge in [-0.25, -0.2) is 8.96 Å². The Morgan fingerprint density at radius 3 is 2.29 bits per heavy atom. The van der Waals surface area contributed by atoms with E-state index >= 15 is 0 Å². The third-order valence-electron chi connectivity index (χ3n) is 3.58. The molecule has 3 heterocycles. The van der Waals surface area contributed by atoms with Crippen LogP contribution in [0.1, 0.15) is 13.3 Å². The number of fused-ring (bicyclic) bond motifs is 2. The Labute approximate surface area is 159 Å². The number of benzene rings is 1. The molecule has 13 heteroatoms. The van der Waals surface area contributed by atoms with E-state index in [0.29, 0.717) is 3.97 Å². The van der Waals surface area contributed by atoms with E-state index in [4.69, 9.17) is 0 Å². The summed E-state index contributed by atoms with van der Waals surface area (Å²) in [7, 11) is -4.28. The molecule has 2 aromatic heterocycles. The number of hydrogen-bond donors (Lipinski definition) is 0. The first kappa shape index (κ1) is 19.9. The molecule has 7 nitrogen and oxygen atoms in total. The van der Waals surface area contributed by atoms with E-state index in [1.165, 1.54) is 17.5 Å². The van der Waals surface area contributed by atoms with Crippen LogP contribution in [0.5, 0.6) is 11.5 Å². The molecule has 0 saturated carbocycles. The fraction of sp³-hybridized carbons (Fsp3) is 0.200. The maximum absolute atomic E-state index is 13.4. The molecular formula is C15H9F4N3O4S2. The Morgan fingerprint density at radius 2 is 1.75 bits per heavy atom. The molecule has 28 heavy (non-hydrogen) atoms. The Kier molecular flexibility index (Phi) is 4.32. The number of halogens is 4. The van der Waals surface area contributed by atoms with Gasteiger partial charge in [-0.15, -0.1) is 11.3 Å². The van der Waals surface area contributed by atoms with Crippen molar-refractivity contribution in [3.05, 3.63) is 35.5 Å². The van der Waals surface area contributed by atoms with Gasteiger partial charge in [-0.3, -0.25) is 0 Å². The number of aromatic nitrogens is 2. The molecule has 4 rings (SSSR count). The van der Waals surface area contributed by atoms with Crippen molar-refractivity contribution in [3.8, 4) is 17.6 Å². The molecule has 0 saturated heterocycles. The minimum Gasteiger partial charge on any atom is -0.421 e. The first-order valence-electron chi connectivity index (χ1n) is 6.96. The van der Waals surface area contributed by atoms with E-state index < -0.39 is 39.6 Å². The molecular weight excluding hydrogens is 426 g/mol. The van der Waals surface area contributed by atoms with Crippen molar-refractivity contribution in [2.75, 3.05) is 0 Å². The van der Waals surface area contributed by atoms with Crippen molar-refractivity contribution in [1.29, 1.82) is 5.26 Å². The molecule has 0 aliphatic carbocycles. The molecule has 0 spiro atoms. The van der Waals surface area contributed by atoms with E-state index in [1.54, 1.807) is 6.07 Å². The zero-order valence-corrected chi connectivity index (χ0v) is 14.3. The second-order valence-corrected chi connectivity index (χ2v) is 8.24. The van der Waals surface area contributed by atoms with Crippen LogP contribution >= 0.6 is 11.3 Å². The van der Waals surface area contributed by atoms with Gasteiger partial charge in [0.2, 0.25) is 5.82 Å². The monoisotopic (exact) mass is 435 g/mol. The first-order chi connectivity index (χ1) is 12.6. The van der Waals surface area contributed by atoms with Crippen LogP contribution in [0.3, 0.4) is 0 Å². The van der Waals surface area contributed by atoms with Gasteiger partial charge < -0.3 is 9.47 Å². The van der Waals surface area contributed by atoms with Crippen molar-refractivity contribution in [2.24, 2.45) is 0 Å². The van der Waals surface area contributed by atoms with Crippen molar-refractivity contribution < 1.29 is 35.5 Å². The fourth-order valence-corrected chi connectivity index (χ4v) is 4.90. The summed E-state index contributed by atoms with van der Waals surface area (Å²) in [5.74, 6) is -2.16. The summed E-state index contributed by atoms with van der Waals surface area (Å²) < 4.78 is 87.4. The lowest BCUT2D eigenvalue weighted by Crippen LogP contribution is -2.52. The number of ether oxygens (including phenoxy) is 2. The van der Waals surface area contributed by atoms with Crippen molar-refractivity contribution >= 4 is 32.4 Å². The van der Waals surface area contributed by atoms with Gasteiger partial charge in [-0.05, 0) is 11.4 Å². The summed E-state index contributed by atoms with van der Waals surface area (Å²) in [5.41, 5.74) is -0.529. The maximum Gasteiger partial charge on any atom is 0.507 e. The molecule has 1 aromatic carbocycles. The molecule has 0 fully saturated rings. The van der Waals surface area contributed by atoms with Crippen LogP contribution in [0.15, 0.2) is 33.9 Å². The number of nitrogens with zero attached hydrogens (tertiary/aromatic N) is 3. The van der Waals surface area contributed by atoms with Crippen LogP contribution in [0.2, 0.25) is 0 Å². The molecule has 0 atom stereocenters. The number of nitriles is 1. The Bertz CT molecular complexity index is 1210. The zero-order chi connectivity index (χ0) is 19.6. The molecule has 0 amide bonds. The topological polar surface area (TPSA) is 94.2 Å². The average Bonchev–Trinajstić information content (AvgIpc) is 3.20. The Hall–Kier alpha value is -2.85. The second kappa shape index (κ2) is 6.08. The van der Waals surface area contributed by atoms with Crippen LogP contribution in [0, 0.1) is 11.3 Å². The first-order valence-corrected chi connectivity index (χ1v) is 9.28. The standard InChI is InChI=1S/C14H5F4N3O4S2.CH4/c15-13(16)14(17,18)25-10-5-8-7(4-9(10)24-13)20-11(6-19)21(8)27(22,23)12-2-1-3-26-12;/h1-5H;1H4. The number of imidazole rings is 1. The minimum absolute atomic E-state index is 0. The number of thiophene rings is 1. The van der Waals surface area contributed by atoms with Gasteiger partial charge in [-0.2, -0.15) is 31.2 Å². The van der Waals surface area contributed by atoms with E-state index in [0.717, 1.165) is 23.5 Å². The van der Waals surface area contributed by atoms with Gasteiger partial charge in [-0.1, -0.05) is 13.5 Å². The Morgan fingerprint density at radius 1 is 1.14 bits per heavy atom. The van der Waals surface area contributed by atoms with Gasteiger partial charge in [0.15, 0.2) is 11.5 Å². The highest BCUT2D eigenvalue weighted by Gasteiger charge is 2.66. The van der Waals surface area contributed by atoms with Gasteiger partial charge >= 0.3 is 12.2 Å². The summed E-state index contributed by atoms with van der Waals surface area (Å²) in [4.78, 5) is 3.76. The summed E-state index contributed by atoms with van der Waals surface area (Å²) >= 11 is 0.863. The van der Waals surface area contributed by atoms with E-state index in [9.17, 15) is 31.2 Å². The SMILES string of the molecule is C.N#Cc1nc2cc3c(cc2n1S(=O)(=O)c1cccs1)OC(F)(F)C(F)(F)O3. The summed E-state index contributed by atoms with van der Waals surface area (Å²) in [5, 5.41) is 10.7. The van der Waals surface area contributed by atoms with Crippen LogP contribution in [0.4, 0.5) is 17.6 Å². The summed E-state index contributed by atoms with van der Waals surface area (Å²) in [6, 6.07) is 5.87. The molecule has 1 aliphatic rings. The largest absolute Gasteiger partial charge is 0.507 e. The molecule has 0 bridgehead atoms. The summed E-state index contributed by atoms with van der Waals surface area (Å²) in [6.45, 7) is 0. The van der Waals surface area contributed by atoms with Crippen LogP contribution < -0.4 is 9.47 Å². The molecule has 148 valence electrons. The molecule has 1 aliphatic heterocycles. The minimum atomic E-state index is -4.97. The predicted octanol–water partition coefficient (Wildman–Crippen LogP) is 3.80. The molecule has 3 aromatic rings. The molecule has 0 N–H and O–H groups in total. The average molecular weight is 435 g/mol. The molecule has 0 unspecified atom stereocenters. The lowest BCUT2D eigenvalue weighted by molar-refractivity contribution is -0.391. The van der Waals surface area contributed by atoms with E-state index in [-0.39, 0.29) is 22.7 Å². The quantitative estimate of drug-likeness (QED) is 0.569. The van der Waals surface area contributed by atoms with Crippen LogP contribution in [-0.2, 0) is 10.0 Å². The van der Waals surface area contributed by atoms with Gasteiger partial charge in [0.05, 0.1) is 11.0 Å². The van der Waals surface area contributed by atoms with Gasteiger partial charge in [0.25, 0.3) is 10.0 Å². The summed E-state index contributed by atoms with van der Waals surface area (Å²) in [6.07, 6.45) is -9.90. The highest BCUT2D eigenvalue weighted by molar-refractivity contribution is 7.92.